The minimum atomic E-state index is 0.194. The van der Waals surface area contributed by atoms with Crippen LogP contribution < -0.4 is 0 Å². The van der Waals surface area contributed by atoms with Crippen molar-refractivity contribution in [1.29, 1.82) is 0 Å². The molecule has 1 amide bonds. The van der Waals surface area contributed by atoms with Crippen LogP contribution in [0.25, 0.3) is 0 Å². The van der Waals surface area contributed by atoms with Gasteiger partial charge in [-0.2, -0.15) is 0 Å². The molecule has 3 rings (SSSR count). The highest BCUT2D eigenvalue weighted by Crippen LogP contribution is 2.25. The smallest absolute Gasteiger partial charge is 0.226 e. The molecule has 0 radical (unpaired) electrons. The Morgan fingerprint density at radius 3 is 2.71 bits per heavy atom. The summed E-state index contributed by atoms with van der Waals surface area (Å²) in [6, 6.07) is 4.82. The molecule has 0 aromatic carbocycles. The van der Waals surface area contributed by atoms with Crippen molar-refractivity contribution in [2.24, 2.45) is 11.8 Å². The summed E-state index contributed by atoms with van der Waals surface area (Å²) in [6.45, 7) is 10.7. The number of hydrogen-bond donors (Lipinski definition) is 0. The highest BCUT2D eigenvalue weighted by Gasteiger charge is 2.32. The van der Waals surface area contributed by atoms with Crippen LogP contribution >= 0.6 is 0 Å². The lowest BCUT2D eigenvalue weighted by Gasteiger charge is -2.42. The van der Waals surface area contributed by atoms with E-state index in [1.807, 2.05) is 30.4 Å². The standard InChI is InChI=1S/C23H38N4O/c1-19(2)8-13-25(3)23(28)21-7-5-12-27(18-21)22-9-14-26(15-10-22)17-20-6-4-11-24-16-20/h4,6,11,16,19,21-22H,5,7-10,12-15,17-18H2,1-3H3/t21-/m1/s1. The molecule has 0 saturated carbocycles. The molecule has 2 aliphatic rings. The van der Waals surface area contributed by atoms with E-state index in [0.717, 1.165) is 58.5 Å². The maximum Gasteiger partial charge on any atom is 0.226 e. The van der Waals surface area contributed by atoms with Gasteiger partial charge in [0.25, 0.3) is 0 Å². The molecule has 0 bridgehead atoms. The van der Waals surface area contributed by atoms with E-state index >= 15 is 0 Å². The van der Waals surface area contributed by atoms with E-state index in [9.17, 15) is 4.79 Å². The minimum absolute atomic E-state index is 0.194. The third kappa shape index (κ3) is 6.02. The molecule has 156 valence electrons. The molecule has 2 fully saturated rings. The number of aromatic nitrogens is 1. The summed E-state index contributed by atoms with van der Waals surface area (Å²) in [6.07, 6.45) is 9.54. The van der Waals surface area contributed by atoms with Crippen molar-refractivity contribution < 1.29 is 4.79 Å². The van der Waals surface area contributed by atoms with Crippen molar-refractivity contribution in [2.75, 3.05) is 39.8 Å². The van der Waals surface area contributed by atoms with E-state index < -0.39 is 0 Å². The van der Waals surface area contributed by atoms with Gasteiger partial charge in [0.05, 0.1) is 5.92 Å². The largest absolute Gasteiger partial charge is 0.345 e. The molecule has 28 heavy (non-hydrogen) atoms. The fourth-order valence-electron chi connectivity index (χ4n) is 4.61. The zero-order valence-electron chi connectivity index (χ0n) is 18.0. The van der Waals surface area contributed by atoms with Gasteiger partial charge < -0.3 is 4.90 Å². The molecule has 3 heterocycles. The Kier molecular flexibility index (Phi) is 7.86. The Balaban J connectivity index is 1.45. The van der Waals surface area contributed by atoms with E-state index in [2.05, 4.69) is 34.7 Å². The summed E-state index contributed by atoms with van der Waals surface area (Å²) in [4.78, 5) is 24.2. The van der Waals surface area contributed by atoms with Crippen LogP contribution in [0, 0.1) is 11.8 Å². The second-order valence-corrected chi connectivity index (χ2v) is 9.14. The first kappa shape index (κ1) is 21.3. The topological polar surface area (TPSA) is 39.7 Å². The molecular formula is C23H38N4O. The van der Waals surface area contributed by atoms with E-state index in [1.165, 1.54) is 18.4 Å². The van der Waals surface area contributed by atoms with Crippen LogP contribution in [-0.4, -0.2) is 71.4 Å². The second-order valence-electron chi connectivity index (χ2n) is 9.14. The maximum atomic E-state index is 12.9. The lowest BCUT2D eigenvalue weighted by atomic mass is 9.92. The molecule has 0 unspecified atom stereocenters. The monoisotopic (exact) mass is 386 g/mol. The highest BCUT2D eigenvalue weighted by atomic mass is 16.2. The van der Waals surface area contributed by atoms with Gasteiger partial charge in [0.15, 0.2) is 0 Å². The van der Waals surface area contributed by atoms with Crippen molar-refractivity contribution in [3.8, 4) is 0 Å². The number of carbonyl (C=O) groups is 1. The molecule has 5 nitrogen and oxygen atoms in total. The van der Waals surface area contributed by atoms with Crippen LogP contribution in [0.1, 0.15) is 51.5 Å². The summed E-state index contributed by atoms with van der Waals surface area (Å²) >= 11 is 0. The Morgan fingerprint density at radius 2 is 2.04 bits per heavy atom. The van der Waals surface area contributed by atoms with Gasteiger partial charge in [0.2, 0.25) is 5.91 Å². The third-order valence-electron chi connectivity index (χ3n) is 6.42. The third-order valence-corrected chi connectivity index (χ3v) is 6.42. The SMILES string of the molecule is CC(C)CCN(C)C(=O)[C@@H]1CCCN(C2CCN(Cc3cccnc3)CC2)C1. The van der Waals surface area contributed by atoms with Gasteiger partial charge in [0, 0.05) is 45.1 Å². The fourth-order valence-corrected chi connectivity index (χ4v) is 4.61. The fraction of sp³-hybridized carbons (Fsp3) is 0.739. The molecule has 0 aliphatic carbocycles. The molecule has 1 aromatic heterocycles. The summed E-state index contributed by atoms with van der Waals surface area (Å²) in [5.41, 5.74) is 1.30. The molecule has 1 atom stereocenters. The summed E-state index contributed by atoms with van der Waals surface area (Å²) in [5.74, 6) is 1.20. The second kappa shape index (κ2) is 10.4. The number of rotatable bonds is 7. The zero-order valence-corrected chi connectivity index (χ0v) is 18.0. The van der Waals surface area contributed by atoms with Gasteiger partial charge >= 0.3 is 0 Å². The van der Waals surface area contributed by atoms with Crippen molar-refractivity contribution in [3.05, 3.63) is 30.1 Å². The number of hydrogen-bond acceptors (Lipinski definition) is 4. The molecule has 1 aromatic rings. The minimum Gasteiger partial charge on any atom is -0.345 e. The number of amides is 1. The lowest BCUT2D eigenvalue weighted by Crippen LogP contribution is -2.50. The predicted octanol–water partition coefficient (Wildman–Crippen LogP) is 3.26. The van der Waals surface area contributed by atoms with Gasteiger partial charge in [-0.3, -0.25) is 19.6 Å². The van der Waals surface area contributed by atoms with E-state index in [0.29, 0.717) is 17.9 Å². The van der Waals surface area contributed by atoms with Gasteiger partial charge in [-0.1, -0.05) is 19.9 Å². The summed E-state index contributed by atoms with van der Waals surface area (Å²) < 4.78 is 0. The summed E-state index contributed by atoms with van der Waals surface area (Å²) in [7, 11) is 1.99. The van der Waals surface area contributed by atoms with Crippen molar-refractivity contribution in [1.82, 2.24) is 19.7 Å². The Morgan fingerprint density at radius 1 is 1.25 bits per heavy atom. The summed E-state index contributed by atoms with van der Waals surface area (Å²) in [5, 5.41) is 0. The molecule has 5 heteroatoms. The number of nitrogens with zero attached hydrogens (tertiary/aromatic N) is 4. The van der Waals surface area contributed by atoms with E-state index in [-0.39, 0.29) is 5.92 Å². The Hall–Kier alpha value is -1.46. The number of piperidine rings is 2. The first-order valence-electron chi connectivity index (χ1n) is 11.1. The average Bonchev–Trinajstić information content (AvgIpc) is 2.73. The molecular weight excluding hydrogens is 348 g/mol. The van der Waals surface area contributed by atoms with Crippen LogP contribution in [0.4, 0.5) is 0 Å². The molecule has 2 saturated heterocycles. The predicted molar refractivity (Wildman–Crippen MR) is 114 cm³/mol. The Labute approximate surface area is 171 Å². The maximum absolute atomic E-state index is 12.9. The Bertz CT molecular complexity index is 598. The number of likely N-dealkylation sites (tertiary alicyclic amines) is 2. The van der Waals surface area contributed by atoms with Crippen molar-refractivity contribution in [3.63, 3.8) is 0 Å². The van der Waals surface area contributed by atoms with E-state index in [1.54, 1.807) is 0 Å². The first-order chi connectivity index (χ1) is 13.5. The van der Waals surface area contributed by atoms with Gasteiger partial charge in [0.1, 0.15) is 0 Å². The number of carbonyl (C=O) groups excluding carboxylic acids is 1. The highest BCUT2D eigenvalue weighted by molar-refractivity contribution is 5.78. The van der Waals surface area contributed by atoms with Crippen LogP contribution in [0.2, 0.25) is 0 Å². The number of pyridine rings is 1. The molecule has 0 spiro atoms. The quantitative estimate of drug-likeness (QED) is 0.721. The first-order valence-corrected chi connectivity index (χ1v) is 11.1. The molecule has 0 N–H and O–H groups in total. The zero-order chi connectivity index (χ0) is 19.9. The van der Waals surface area contributed by atoms with Crippen molar-refractivity contribution >= 4 is 5.91 Å². The van der Waals surface area contributed by atoms with Gasteiger partial charge in [-0.05, 0) is 69.3 Å². The average molecular weight is 387 g/mol. The normalized spacial score (nSPS) is 22.5. The van der Waals surface area contributed by atoms with Crippen molar-refractivity contribution in [2.45, 2.75) is 58.5 Å². The van der Waals surface area contributed by atoms with Gasteiger partial charge in [-0.25, -0.2) is 0 Å². The van der Waals surface area contributed by atoms with E-state index in [4.69, 9.17) is 0 Å². The van der Waals surface area contributed by atoms with Gasteiger partial charge in [-0.15, -0.1) is 0 Å². The van der Waals surface area contributed by atoms with Crippen LogP contribution in [0.5, 0.6) is 0 Å². The van der Waals surface area contributed by atoms with Crippen LogP contribution in [0.3, 0.4) is 0 Å². The van der Waals surface area contributed by atoms with Crippen LogP contribution in [-0.2, 0) is 11.3 Å². The molecule has 2 aliphatic heterocycles. The van der Waals surface area contributed by atoms with Crippen LogP contribution in [0.15, 0.2) is 24.5 Å². The lowest BCUT2D eigenvalue weighted by molar-refractivity contribution is -0.136.